The van der Waals surface area contributed by atoms with Crippen LogP contribution in [0.2, 0.25) is 0 Å². The van der Waals surface area contributed by atoms with Crippen molar-refractivity contribution in [1.29, 1.82) is 0 Å². The van der Waals surface area contributed by atoms with E-state index in [0.29, 0.717) is 11.9 Å². The monoisotopic (exact) mass is 254 g/mol. The van der Waals surface area contributed by atoms with Crippen molar-refractivity contribution in [1.82, 2.24) is 4.98 Å². The van der Waals surface area contributed by atoms with Crippen LogP contribution in [-0.2, 0) is 5.88 Å². The number of aromatic nitrogens is 1. The predicted octanol–water partition coefficient (Wildman–Crippen LogP) is 4.06. The fraction of sp³-hybridized carbons (Fsp3) is 0.643. The lowest BCUT2D eigenvalue weighted by atomic mass is 10.1. The number of hydrogen-bond acceptors (Lipinski definition) is 2. The van der Waals surface area contributed by atoms with Gasteiger partial charge in [-0.05, 0) is 45.7 Å². The van der Waals surface area contributed by atoms with E-state index in [0.717, 1.165) is 24.5 Å². The van der Waals surface area contributed by atoms with E-state index in [9.17, 15) is 0 Å². The third-order valence-corrected chi connectivity index (χ3v) is 3.21. The largest absolute Gasteiger partial charge is 0.354 e. The second kappa shape index (κ2) is 6.25. The number of aryl methyl sites for hydroxylation is 2. The van der Waals surface area contributed by atoms with E-state index in [1.165, 1.54) is 11.1 Å². The minimum absolute atomic E-state index is 0.450. The van der Waals surface area contributed by atoms with E-state index in [2.05, 4.69) is 43.6 Å². The summed E-state index contributed by atoms with van der Waals surface area (Å²) in [4.78, 5) is 7.03. The second-order valence-electron chi connectivity index (χ2n) is 4.80. The molecule has 3 heteroatoms. The van der Waals surface area contributed by atoms with Crippen LogP contribution in [0.1, 0.15) is 44.0 Å². The van der Waals surface area contributed by atoms with Crippen molar-refractivity contribution in [3.05, 3.63) is 22.9 Å². The van der Waals surface area contributed by atoms with Gasteiger partial charge in [0.2, 0.25) is 0 Å². The van der Waals surface area contributed by atoms with Crippen LogP contribution >= 0.6 is 11.6 Å². The quantitative estimate of drug-likeness (QED) is 0.737. The molecular formula is C14H23ClN2. The zero-order valence-corrected chi connectivity index (χ0v) is 12.3. The zero-order valence-electron chi connectivity index (χ0n) is 11.5. The van der Waals surface area contributed by atoms with Crippen molar-refractivity contribution < 1.29 is 0 Å². The maximum atomic E-state index is 6.07. The summed E-state index contributed by atoms with van der Waals surface area (Å²) in [7, 11) is 0. The molecular weight excluding hydrogens is 232 g/mol. The van der Waals surface area contributed by atoms with Gasteiger partial charge in [0.1, 0.15) is 5.82 Å². The summed E-state index contributed by atoms with van der Waals surface area (Å²) >= 11 is 6.07. The highest BCUT2D eigenvalue weighted by Crippen LogP contribution is 2.26. The molecule has 0 aliphatic carbocycles. The van der Waals surface area contributed by atoms with E-state index < -0.39 is 0 Å². The molecule has 0 spiro atoms. The Bertz CT molecular complexity index is 375. The fourth-order valence-electron chi connectivity index (χ4n) is 2.10. The highest BCUT2D eigenvalue weighted by molar-refractivity contribution is 6.17. The first-order valence-electron chi connectivity index (χ1n) is 6.31. The smallest absolute Gasteiger partial charge is 0.133 e. The van der Waals surface area contributed by atoms with E-state index >= 15 is 0 Å². The highest BCUT2D eigenvalue weighted by atomic mass is 35.5. The van der Waals surface area contributed by atoms with E-state index in [4.69, 9.17) is 11.6 Å². The molecule has 0 radical (unpaired) electrons. The van der Waals surface area contributed by atoms with Crippen LogP contribution in [0.25, 0.3) is 0 Å². The van der Waals surface area contributed by atoms with E-state index in [-0.39, 0.29) is 0 Å². The molecule has 0 amide bonds. The van der Waals surface area contributed by atoms with Gasteiger partial charge in [0, 0.05) is 23.8 Å². The van der Waals surface area contributed by atoms with Gasteiger partial charge < -0.3 is 4.90 Å². The van der Waals surface area contributed by atoms with Gasteiger partial charge in [0.05, 0.1) is 5.88 Å². The molecule has 96 valence electrons. The van der Waals surface area contributed by atoms with Gasteiger partial charge in [0.25, 0.3) is 0 Å². The number of pyridine rings is 1. The average molecular weight is 255 g/mol. The van der Waals surface area contributed by atoms with Gasteiger partial charge in [-0.3, -0.25) is 0 Å². The molecule has 2 nitrogen and oxygen atoms in total. The van der Waals surface area contributed by atoms with Crippen LogP contribution in [-0.4, -0.2) is 17.6 Å². The number of anilines is 1. The van der Waals surface area contributed by atoms with Crippen LogP contribution in [0.5, 0.6) is 0 Å². The Kier molecular flexibility index (Phi) is 5.26. The van der Waals surface area contributed by atoms with Crippen LogP contribution in [0, 0.1) is 13.8 Å². The number of alkyl halides is 1. The second-order valence-corrected chi connectivity index (χ2v) is 5.07. The summed E-state index contributed by atoms with van der Waals surface area (Å²) in [5.41, 5.74) is 3.47. The van der Waals surface area contributed by atoms with Crippen LogP contribution in [0.15, 0.2) is 6.07 Å². The van der Waals surface area contributed by atoms with E-state index in [1.54, 1.807) is 0 Å². The molecule has 1 aromatic rings. The molecule has 1 aromatic heterocycles. The summed E-state index contributed by atoms with van der Waals surface area (Å²) < 4.78 is 0. The Labute approximate surface area is 110 Å². The van der Waals surface area contributed by atoms with Crippen LogP contribution < -0.4 is 4.90 Å². The van der Waals surface area contributed by atoms with Gasteiger partial charge in [-0.25, -0.2) is 4.98 Å². The van der Waals surface area contributed by atoms with Crippen molar-refractivity contribution in [2.45, 2.75) is 53.0 Å². The van der Waals surface area contributed by atoms with Gasteiger partial charge >= 0.3 is 0 Å². The molecule has 0 fully saturated rings. The molecule has 17 heavy (non-hydrogen) atoms. The molecule has 1 rings (SSSR count). The zero-order chi connectivity index (χ0) is 13.0. The first kappa shape index (κ1) is 14.3. The van der Waals surface area contributed by atoms with Crippen LogP contribution in [0.4, 0.5) is 5.82 Å². The maximum Gasteiger partial charge on any atom is 0.133 e. The molecule has 0 saturated heterocycles. The number of hydrogen-bond donors (Lipinski definition) is 0. The third kappa shape index (κ3) is 3.35. The van der Waals surface area contributed by atoms with Crippen molar-refractivity contribution in [3.8, 4) is 0 Å². The SMILES string of the molecule is CCCN(c1nc(C)cc(C)c1CCl)C(C)C. The molecule has 0 aliphatic heterocycles. The lowest BCUT2D eigenvalue weighted by Crippen LogP contribution is -2.33. The number of nitrogens with zero attached hydrogens (tertiary/aromatic N) is 2. The van der Waals surface area contributed by atoms with E-state index in [1.807, 2.05) is 6.92 Å². The van der Waals surface area contributed by atoms with Gasteiger partial charge in [-0.15, -0.1) is 11.6 Å². The maximum absolute atomic E-state index is 6.07. The standard InChI is InChI=1S/C14H23ClN2/c1-6-7-17(10(2)3)14-13(9-15)11(4)8-12(5)16-14/h8,10H,6-7,9H2,1-5H3. The Hall–Kier alpha value is -0.760. The first-order valence-corrected chi connectivity index (χ1v) is 6.84. The van der Waals surface area contributed by atoms with Gasteiger partial charge in [-0.1, -0.05) is 6.92 Å². The number of rotatable bonds is 5. The third-order valence-electron chi connectivity index (χ3n) is 2.95. The summed E-state index contributed by atoms with van der Waals surface area (Å²) in [6.07, 6.45) is 1.12. The Balaban J connectivity index is 3.25. The summed E-state index contributed by atoms with van der Waals surface area (Å²) in [6, 6.07) is 2.55. The molecule has 0 atom stereocenters. The van der Waals surface area contributed by atoms with Crippen LogP contribution in [0.3, 0.4) is 0 Å². The van der Waals surface area contributed by atoms with Crippen molar-refractivity contribution in [2.75, 3.05) is 11.4 Å². The topological polar surface area (TPSA) is 16.1 Å². The summed E-state index contributed by atoms with van der Waals surface area (Å²) in [6.45, 7) is 11.8. The molecule has 0 aliphatic rings. The lowest BCUT2D eigenvalue weighted by molar-refractivity contribution is 0.658. The normalized spacial score (nSPS) is 11.0. The fourth-order valence-corrected chi connectivity index (χ4v) is 2.43. The van der Waals surface area contributed by atoms with Crippen molar-refractivity contribution in [3.63, 3.8) is 0 Å². The molecule has 0 aromatic carbocycles. The predicted molar refractivity (Wildman–Crippen MR) is 76.0 cm³/mol. The van der Waals surface area contributed by atoms with Crippen molar-refractivity contribution in [2.24, 2.45) is 0 Å². The molecule has 0 N–H and O–H groups in total. The molecule has 0 unspecified atom stereocenters. The summed E-state index contributed by atoms with van der Waals surface area (Å²) in [5, 5.41) is 0. The minimum Gasteiger partial charge on any atom is -0.354 e. The van der Waals surface area contributed by atoms with Gasteiger partial charge in [0.15, 0.2) is 0 Å². The first-order chi connectivity index (χ1) is 8.01. The Morgan fingerprint density at radius 3 is 2.47 bits per heavy atom. The molecule has 0 saturated carbocycles. The molecule has 0 bridgehead atoms. The molecule has 1 heterocycles. The van der Waals surface area contributed by atoms with Crippen molar-refractivity contribution >= 4 is 17.4 Å². The van der Waals surface area contributed by atoms with Gasteiger partial charge in [-0.2, -0.15) is 0 Å². The average Bonchev–Trinajstić information content (AvgIpc) is 2.24. The highest BCUT2D eigenvalue weighted by Gasteiger charge is 2.17. The Morgan fingerprint density at radius 1 is 1.35 bits per heavy atom. The lowest BCUT2D eigenvalue weighted by Gasteiger charge is -2.30. The summed E-state index contributed by atoms with van der Waals surface area (Å²) in [5.74, 6) is 1.59. The minimum atomic E-state index is 0.450. The number of halogens is 1. The Morgan fingerprint density at radius 2 is 2.00 bits per heavy atom.